The minimum absolute atomic E-state index is 0.481. The Balaban J connectivity index is 1.75. The molecule has 140 valence electrons. The maximum atomic E-state index is 5.97. The van der Waals surface area contributed by atoms with E-state index in [0.717, 1.165) is 30.9 Å². The van der Waals surface area contributed by atoms with Gasteiger partial charge in [-0.05, 0) is 18.6 Å². The maximum absolute atomic E-state index is 5.97. The number of hydrogen-bond acceptors (Lipinski definition) is 2. The summed E-state index contributed by atoms with van der Waals surface area (Å²) in [5.74, 6) is 1.43. The molecule has 0 fully saturated rings. The van der Waals surface area contributed by atoms with Gasteiger partial charge in [0.25, 0.3) is 5.69 Å². The SMILES string of the molecule is CCCCCCCCCCOc1ccc2c(c1)[N+](OC)=C(C(C)C)C2. The van der Waals surface area contributed by atoms with Gasteiger partial charge in [-0.1, -0.05) is 65.7 Å². The average Bonchev–Trinajstić information content (AvgIpc) is 2.98. The highest BCUT2D eigenvalue weighted by atomic mass is 16.7. The van der Waals surface area contributed by atoms with Crippen molar-refractivity contribution < 1.29 is 14.3 Å². The Morgan fingerprint density at radius 2 is 1.68 bits per heavy atom. The van der Waals surface area contributed by atoms with Gasteiger partial charge in [-0.3, -0.25) is 4.84 Å². The molecule has 1 aromatic carbocycles. The van der Waals surface area contributed by atoms with Crippen molar-refractivity contribution in [3.8, 4) is 5.75 Å². The van der Waals surface area contributed by atoms with Crippen LogP contribution in [0, 0.1) is 5.92 Å². The summed E-state index contributed by atoms with van der Waals surface area (Å²) in [6, 6.07) is 6.40. The van der Waals surface area contributed by atoms with Crippen LogP contribution in [-0.4, -0.2) is 24.2 Å². The summed E-state index contributed by atoms with van der Waals surface area (Å²) in [5.41, 5.74) is 3.78. The Labute approximate surface area is 154 Å². The molecular weight excluding hydrogens is 310 g/mol. The Morgan fingerprint density at radius 3 is 2.32 bits per heavy atom. The van der Waals surface area contributed by atoms with Gasteiger partial charge in [-0.2, -0.15) is 0 Å². The smallest absolute Gasteiger partial charge is 0.264 e. The van der Waals surface area contributed by atoms with E-state index in [1.54, 1.807) is 7.11 Å². The molecule has 0 atom stereocenters. The molecule has 0 N–H and O–H groups in total. The first-order valence-corrected chi connectivity index (χ1v) is 10.1. The third kappa shape index (κ3) is 5.76. The summed E-state index contributed by atoms with van der Waals surface area (Å²) in [7, 11) is 1.74. The Bertz CT molecular complexity index is 563. The molecule has 1 aromatic rings. The normalized spacial score (nSPS) is 13.5. The fraction of sp³-hybridized carbons (Fsp3) is 0.682. The van der Waals surface area contributed by atoms with Gasteiger partial charge in [0.2, 0.25) is 5.71 Å². The summed E-state index contributed by atoms with van der Waals surface area (Å²) in [5, 5.41) is 0. The van der Waals surface area contributed by atoms with E-state index in [9.17, 15) is 0 Å². The van der Waals surface area contributed by atoms with Crippen molar-refractivity contribution in [1.82, 2.24) is 0 Å². The molecule has 1 aliphatic heterocycles. The van der Waals surface area contributed by atoms with Gasteiger partial charge in [0.05, 0.1) is 19.1 Å². The minimum atomic E-state index is 0.481. The van der Waals surface area contributed by atoms with Crippen LogP contribution in [0.1, 0.15) is 77.7 Å². The van der Waals surface area contributed by atoms with E-state index in [1.807, 2.05) is 4.74 Å². The van der Waals surface area contributed by atoms with Crippen LogP contribution >= 0.6 is 0 Å². The second-order valence-electron chi connectivity index (χ2n) is 7.41. The van der Waals surface area contributed by atoms with Gasteiger partial charge < -0.3 is 4.74 Å². The van der Waals surface area contributed by atoms with Crippen LogP contribution in [0.15, 0.2) is 18.2 Å². The lowest BCUT2D eigenvalue weighted by molar-refractivity contribution is -0.719. The van der Waals surface area contributed by atoms with E-state index in [0.29, 0.717) is 5.92 Å². The molecule has 0 aromatic heterocycles. The highest BCUT2D eigenvalue weighted by Gasteiger charge is 2.34. The van der Waals surface area contributed by atoms with Crippen molar-refractivity contribution in [2.75, 3.05) is 13.7 Å². The summed E-state index contributed by atoms with van der Waals surface area (Å²) >= 11 is 0. The molecule has 25 heavy (non-hydrogen) atoms. The number of hydrogen-bond donors (Lipinski definition) is 0. The molecule has 3 nitrogen and oxygen atoms in total. The molecule has 0 radical (unpaired) electrons. The number of unbranched alkanes of at least 4 members (excludes halogenated alkanes) is 7. The summed E-state index contributed by atoms with van der Waals surface area (Å²) in [6.07, 6.45) is 11.6. The first kappa shape index (κ1) is 19.8. The molecule has 0 amide bonds. The first-order valence-electron chi connectivity index (χ1n) is 10.1. The van der Waals surface area contributed by atoms with Gasteiger partial charge in [0.1, 0.15) is 12.9 Å². The fourth-order valence-corrected chi connectivity index (χ4v) is 3.47. The number of rotatable bonds is 12. The number of benzene rings is 1. The van der Waals surface area contributed by atoms with Crippen molar-refractivity contribution in [3.63, 3.8) is 0 Å². The quantitative estimate of drug-likeness (QED) is 0.339. The lowest BCUT2D eigenvalue weighted by Crippen LogP contribution is -2.17. The number of fused-ring (bicyclic) bond motifs is 1. The Hall–Kier alpha value is -1.51. The van der Waals surface area contributed by atoms with Gasteiger partial charge in [0.15, 0.2) is 0 Å². The van der Waals surface area contributed by atoms with Crippen molar-refractivity contribution in [1.29, 1.82) is 0 Å². The minimum Gasteiger partial charge on any atom is -0.493 e. The van der Waals surface area contributed by atoms with Gasteiger partial charge >= 0.3 is 0 Å². The molecule has 3 heteroatoms. The lowest BCUT2D eigenvalue weighted by Gasteiger charge is -2.07. The number of nitrogens with zero attached hydrogens (tertiary/aromatic N) is 1. The van der Waals surface area contributed by atoms with Crippen molar-refractivity contribution in [2.45, 2.75) is 78.6 Å². The van der Waals surface area contributed by atoms with E-state index in [2.05, 4.69) is 39.0 Å². The molecule has 0 spiro atoms. The maximum Gasteiger partial charge on any atom is 0.264 e. The highest BCUT2D eigenvalue weighted by molar-refractivity contribution is 5.88. The van der Waals surface area contributed by atoms with Crippen LogP contribution in [-0.2, 0) is 11.3 Å². The molecule has 0 unspecified atom stereocenters. The highest BCUT2D eigenvalue weighted by Crippen LogP contribution is 2.32. The molecule has 1 heterocycles. The van der Waals surface area contributed by atoms with Crippen molar-refractivity contribution in [2.24, 2.45) is 5.92 Å². The zero-order valence-corrected chi connectivity index (χ0v) is 16.6. The van der Waals surface area contributed by atoms with E-state index < -0.39 is 0 Å². The van der Waals surface area contributed by atoms with E-state index in [4.69, 9.17) is 9.57 Å². The summed E-state index contributed by atoms with van der Waals surface area (Å²) < 4.78 is 7.95. The molecule has 0 aliphatic carbocycles. The molecule has 0 saturated heterocycles. The third-order valence-electron chi connectivity index (χ3n) is 5.02. The summed E-state index contributed by atoms with van der Waals surface area (Å²) in [4.78, 5) is 5.61. The van der Waals surface area contributed by atoms with Gasteiger partial charge in [0, 0.05) is 16.2 Å². The molecule has 0 saturated carbocycles. The monoisotopic (exact) mass is 346 g/mol. The predicted octanol–water partition coefficient (Wildman–Crippen LogP) is 6.06. The fourth-order valence-electron chi connectivity index (χ4n) is 3.47. The Kier molecular flexibility index (Phi) is 8.30. The standard InChI is InChI=1S/C22H36NO2/c1-5-6-7-8-9-10-11-12-15-25-20-14-13-19-16-21(18(2)3)23(24-4)22(19)17-20/h13-14,17-18H,5-12,15-16H2,1-4H3/q+1. The van der Waals surface area contributed by atoms with Crippen LogP contribution in [0.3, 0.4) is 0 Å². The van der Waals surface area contributed by atoms with Gasteiger partial charge in [-0.15, -0.1) is 0 Å². The molecule has 2 rings (SSSR count). The zero-order valence-electron chi connectivity index (χ0n) is 16.6. The third-order valence-corrected chi connectivity index (χ3v) is 5.02. The molecule has 0 bridgehead atoms. The molecular formula is C22H36NO2+. The van der Waals surface area contributed by atoms with Crippen LogP contribution in [0.25, 0.3) is 0 Å². The first-order chi connectivity index (χ1) is 12.2. The van der Waals surface area contributed by atoms with Crippen LogP contribution in [0.4, 0.5) is 5.69 Å². The zero-order chi connectivity index (χ0) is 18.1. The van der Waals surface area contributed by atoms with E-state index >= 15 is 0 Å². The Morgan fingerprint density at radius 1 is 1.00 bits per heavy atom. The van der Waals surface area contributed by atoms with E-state index in [1.165, 1.54) is 56.2 Å². The van der Waals surface area contributed by atoms with Crippen molar-refractivity contribution in [3.05, 3.63) is 23.8 Å². The average molecular weight is 347 g/mol. The topological polar surface area (TPSA) is 21.5 Å². The second-order valence-corrected chi connectivity index (χ2v) is 7.41. The largest absolute Gasteiger partial charge is 0.493 e. The summed E-state index contributed by atoms with van der Waals surface area (Å²) in [6.45, 7) is 7.51. The van der Waals surface area contributed by atoms with E-state index in [-0.39, 0.29) is 0 Å². The van der Waals surface area contributed by atoms with Crippen LogP contribution in [0.5, 0.6) is 5.75 Å². The number of ether oxygens (including phenoxy) is 1. The van der Waals surface area contributed by atoms with Crippen LogP contribution in [0.2, 0.25) is 0 Å². The molecule has 1 aliphatic rings. The van der Waals surface area contributed by atoms with Gasteiger partial charge in [-0.25, -0.2) is 0 Å². The predicted molar refractivity (Wildman–Crippen MR) is 105 cm³/mol. The van der Waals surface area contributed by atoms with Crippen molar-refractivity contribution >= 4 is 11.4 Å². The lowest BCUT2D eigenvalue weighted by atomic mass is 10.0. The van der Waals surface area contributed by atoms with Crippen LogP contribution < -0.4 is 4.74 Å². The second kappa shape index (κ2) is 10.5.